The predicted molar refractivity (Wildman–Crippen MR) is 107 cm³/mol. The van der Waals surface area contributed by atoms with Crippen molar-refractivity contribution in [3.63, 3.8) is 0 Å². The van der Waals surface area contributed by atoms with Crippen molar-refractivity contribution >= 4 is 35.0 Å². The number of anilines is 3. The van der Waals surface area contributed by atoms with Crippen LogP contribution >= 0.6 is 11.6 Å². The molecule has 2 aromatic heterocycles. The van der Waals surface area contributed by atoms with Crippen LogP contribution in [-0.2, 0) is 0 Å². The van der Waals surface area contributed by atoms with Crippen molar-refractivity contribution in [3.05, 3.63) is 59.1 Å². The van der Waals surface area contributed by atoms with Gasteiger partial charge in [-0.25, -0.2) is 9.97 Å². The smallest absolute Gasteiger partial charge is 0.260 e. The van der Waals surface area contributed by atoms with Gasteiger partial charge < -0.3 is 19.6 Å². The average molecular weight is 399 g/mol. The van der Waals surface area contributed by atoms with Crippen LogP contribution < -0.4 is 15.1 Å². The van der Waals surface area contributed by atoms with E-state index in [0.717, 1.165) is 36.9 Å². The number of aryl methyl sites for hydroxylation is 1. The quantitative estimate of drug-likeness (QED) is 0.722. The van der Waals surface area contributed by atoms with E-state index in [0.29, 0.717) is 23.1 Å². The van der Waals surface area contributed by atoms with E-state index in [1.54, 1.807) is 13.0 Å². The molecule has 9 heteroatoms. The molecule has 3 aromatic rings. The summed E-state index contributed by atoms with van der Waals surface area (Å²) >= 11 is 6.08. The molecule has 1 N–H and O–H groups in total. The second-order valence-electron chi connectivity index (χ2n) is 6.50. The number of amides is 1. The van der Waals surface area contributed by atoms with Crippen molar-refractivity contribution in [3.8, 4) is 0 Å². The Morgan fingerprint density at radius 2 is 1.82 bits per heavy atom. The first-order valence-corrected chi connectivity index (χ1v) is 9.28. The van der Waals surface area contributed by atoms with Crippen LogP contribution in [0.2, 0.25) is 5.02 Å². The third kappa shape index (κ3) is 4.07. The van der Waals surface area contributed by atoms with Crippen LogP contribution in [0.3, 0.4) is 0 Å². The molecule has 144 valence electrons. The Morgan fingerprint density at radius 1 is 1.11 bits per heavy atom. The molecule has 8 nitrogen and oxygen atoms in total. The summed E-state index contributed by atoms with van der Waals surface area (Å²) < 4.78 is 4.93. The molecule has 1 fully saturated rings. The fraction of sp³-hybridized carbons (Fsp3) is 0.263. The maximum atomic E-state index is 12.2. The minimum Gasteiger partial charge on any atom is -0.368 e. The lowest BCUT2D eigenvalue weighted by Crippen LogP contribution is -2.47. The predicted octanol–water partition coefficient (Wildman–Crippen LogP) is 3.01. The maximum Gasteiger partial charge on any atom is 0.260 e. The van der Waals surface area contributed by atoms with Crippen LogP contribution in [0, 0.1) is 6.92 Å². The van der Waals surface area contributed by atoms with Gasteiger partial charge in [0.1, 0.15) is 5.76 Å². The number of aromatic nitrogens is 3. The number of carbonyl (C=O) groups excluding carboxylic acids is 1. The third-order valence-corrected chi connectivity index (χ3v) is 4.74. The molecule has 0 atom stereocenters. The highest BCUT2D eigenvalue weighted by atomic mass is 35.5. The molecule has 0 radical (unpaired) electrons. The average Bonchev–Trinajstić information content (AvgIpc) is 3.13. The van der Waals surface area contributed by atoms with Gasteiger partial charge in [-0.05, 0) is 25.1 Å². The van der Waals surface area contributed by atoms with Gasteiger partial charge >= 0.3 is 0 Å². The van der Waals surface area contributed by atoms with Crippen molar-refractivity contribution in [1.29, 1.82) is 0 Å². The fourth-order valence-electron chi connectivity index (χ4n) is 3.05. The van der Waals surface area contributed by atoms with Crippen molar-refractivity contribution in [2.75, 3.05) is 41.3 Å². The molecule has 1 aliphatic heterocycles. The lowest BCUT2D eigenvalue weighted by atomic mass is 10.2. The van der Waals surface area contributed by atoms with Gasteiger partial charge in [-0.1, -0.05) is 22.8 Å². The standard InChI is InChI=1S/C19H19ClN6O2/c1-13-9-17(24-28-13)23-18(27)14-11-21-19(22-12-14)26-7-5-25(6-8-26)16-4-2-3-15(20)10-16/h2-4,9-12H,5-8H2,1H3,(H,23,24,27). The number of hydrogen-bond donors (Lipinski definition) is 1. The van der Waals surface area contributed by atoms with E-state index < -0.39 is 0 Å². The zero-order valence-corrected chi connectivity index (χ0v) is 16.1. The molecule has 0 aliphatic carbocycles. The van der Waals surface area contributed by atoms with E-state index in [-0.39, 0.29) is 5.91 Å². The Labute approximate surface area is 167 Å². The minimum atomic E-state index is -0.328. The van der Waals surface area contributed by atoms with Crippen molar-refractivity contribution in [2.24, 2.45) is 0 Å². The molecule has 0 spiro atoms. The fourth-order valence-corrected chi connectivity index (χ4v) is 3.24. The van der Waals surface area contributed by atoms with Crippen LogP contribution in [0.4, 0.5) is 17.5 Å². The first-order chi connectivity index (χ1) is 13.6. The number of nitrogens with one attached hydrogen (secondary N) is 1. The first-order valence-electron chi connectivity index (χ1n) is 8.91. The van der Waals surface area contributed by atoms with Crippen LogP contribution in [-0.4, -0.2) is 47.2 Å². The van der Waals surface area contributed by atoms with E-state index in [9.17, 15) is 4.79 Å². The summed E-state index contributed by atoms with van der Waals surface area (Å²) in [5.74, 6) is 1.27. The molecule has 1 amide bonds. The summed E-state index contributed by atoms with van der Waals surface area (Å²) in [4.78, 5) is 25.3. The number of nitrogens with zero attached hydrogens (tertiary/aromatic N) is 5. The van der Waals surface area contributed by atoms with Crippen LogP contribution in [0.15, 0.2) is 47.2 Å². The summed E-state index contributed by atoms with van der Waals surface area (Å²) in [5.41, 5.74) is 1.48. The molecule has 1 aliphatic rings. The summed E-state index contributed by atoms with van der Waals surface area (Å²) in [6.45, 7) is 5.02. The van der Waals surface area contributed by atoms with Gasteiger partial charge in [0.15, 0.2) is 5.82 Å². The summed E-state index contributed by atoms with van der Waals surface area (Å²) in [5, 5.41) is 7.13. The number of benzene rings is 1. The van der Waals surface area contributed by atoms with E-state index in [4.69, 9.17) is 16.1 Å². The van der Waals surface area contributed by atoms with Gasteiger partial charge in [-0.2, -0.15) is 0 Å². The maximum absolute atomic E-state index is 12.2. The van der Waals surface area contributed by atoms with E-state index in [1.165, 1.54) is 12.4 Å². The highest BCUT2D eigenvalue weighted by molar-refractivity contribution is 6.30. The SMILES string of the molecule is Cc1cc(NC(=O)c2cnc(N3CCN(c4cccc(Cl)c4)CC3)nc2)no1. The molecule has 4 rings (SSSR count). The second-order valence-corrected chi connectivity index (χ2v) is 6.94. The summed E-state index contributed by atoms with van der Waals surface area (Å²) in [7, 11) is 0. The lowest BCUT2D eigenvalue weighted by molar-refractivity contribution is 0.102. The zero-order chi connectivity index (χ0) is 19.5. The Hall–Kier alpha value is -3.13. The summed E-state index contributed by atoms with van der Waals surface area (Å²) in [6, 6.07) is 9.50. The van der Waals surface area contributed by atoms with Gasteiger partial charge in [0, 0.05) is 55.3 Å². The third-order valence-electron chi connectivity index (χ3n) is 4.51. The number of hydrogen-bond acceptors (Lipinski definition) is 7. The highest BCUT2D eigenvalue weighted by Crippen LogP contribution is 2.21. The Kier molecular flexibility index (Phi) is 5.12. The summed E-state index contributed by atoms with van der Waals surface area (Å²) in [6.07, 6.45) is 3.04. The number of piperazine rings is 1. The molecular weight excluding hydrogens is 380 g/mol. The zero-order valence-electron chi connectivity index (χ0n) is 15.3. The van der Waals surface area contributed by atoms with Gasteiger partial charge in [-0.3, -0.25) is 4.79 Å². The second kappa shape index (κ2) is 7.85. The van der Waals surface area contributed by atoms with Crippen molar-refractivity contribution < 1.29 is 9.32 Å². The van der Waals surface area contributed by atoms with Gasteiger partial charge in [0.05, 0.1) is 5.56 Å². The highest BCUT2D eigenvalue weighted by Gasteiger charge is 2.20. The topological polar surface area (TPSA) is 87.4 Å². The van der Waals surface area contributed by atoms with Crippen molar-refractivity contribution in [1.82, 2.24) is 15.1 Å². The van der Waals surface area contributed by atoms with Crippen LogP contribution in [0.5, 0.6) is 0 Å². The molecule has 0 bridgehead atoms. The Balaban J connectivity index is 1.36. The molecule has 3 heterocycles. The van der Waals surface area contributed by atoms with Gasteiger partial charge in [-0.15, -0.1) is 0 Å². The van der Waals surface area contributed by atoms with Gasteiger partial charge in [0.2, 0.25) is 5.95 Å². The van der Waals surface area contributed by atoms with Crippen LogP contribution in [0.25, 0.3) is 0 Å². The number of carbonyl (C=O) groups is 1. The number of halogens is 1. The monoisotopic (exact) mass is 398 g/mol. The minimum absolute atomic E-state index is 0.328. The van der Waals surface area contributed by atoms with Gasteiger partial charge in [0.25, 0.3) is 5.91 Å². The first kappa shape index (κ1) is 18.2. The van der Waals surface area contributed by atoms with E-state index in [1.807, 2.05) is 18.2 Å². The molecular formula is C19H19ClN6O2. The Bertz CT molecular complexity index is 967. The van der Waals surface area contributed by atoms with E-state index in [2.05, 4.69) is 36.3 Å². The molecule has 1 aromatic carbocycles. The lowest BCUT2D eigenvalue weighted by Gasteiger charge is -2.36. The molecule has 0 unspecified atom stereocenters. The normalized spacial score (nSPS) is 14.2. The number of rotatable bonds is 4. The molecule has 28 heavy (non-hydrogen) atoms. The largest absolute Gasteiger partial charge is 0.368 e. The Morgan fingerprint density at radius 3 is 2.46 bits per heavy atom. The van der Waals surface area contributed by atoms with Crippen molar-refractivity contribution in [2.45, 2.75) is 6.92 Å². The van der Waals surface area contributed by atoms with E-state index >= 15 is 0 Å². The molecule has 1 saturated heterocycles. The van der Waals surface area contributed by atoms with Crippen LogP contribution in [0.1, 0.15) is 16.1 Å². The molecule has 0 saturated carbocycles.